The van der Waals surface area contributed by atoms with Crippen LogP contribution in [0.25, 0.3) is 11.1 Å². The Labute approximate surface area is 158 Å². The third kappa shape index (κ3) is 3.98. The molecule has 2 aromatic carbocycles. The van der Waals surface area contributed by atoms with Crippen molar-refractivity contribution in [2.45, 2.75) is 52.4 Å². The van der Waals surface area contributed by atoms with Crippen LogP contribution in [0.5, 0.6) is 17.2 Å². The summed E-state index contributed by atoms with van der Waals surface area (Å²) in [4.78, 5) is 0. The lowest BCUT2D eigenvalue weighted by Crippen LogP contribution is -2.17. The molecule has 0 atom stereocenters. The number of rotatable bonds is 4. The predicted octanol–water partition coefficient (Wildman–Crippen LogP) is 5.97. The molecule has 0 aliphatic rings. The molecule has 0 saturated heterocycles. The van der Waals surface area contributed by atoms with Gasteiger partial charge in [-0.1, -0.05) is 59.7 Å². The zero-order chi connectivity index (χ0) is 19.7. The Morgan fingerprint density at radius 1 is 0.654 bits per heavy atom. The molecule has 0 spiro atoms. The zero-order valence-corrected chi connectivity index (χ0v) is 17.6. The first kappa shape index (κ1) is 20.2. The summed E-state index contributed by atoms with van der Waals surface area (Å²) in [5.41, 5.74) is 5.00. The molecule has 0 bridgehead atoms. The van der Waals surface area contributed by atoms with E-state index in [1.807, 2.05) is 12.1 Å². The fraction of sp³-hybridized carbons (Fsp3) is 0.478. The Kier molecular flexibility index (Phi) is 5.60. The first-order chi connectivity index (χ1) is 12.0. The number of benzene rings is 2. The summed E-state index contributed by atoms with van der Waals surface area (Å²) in [6.07, 6.45) is 0. The molecule has 0 saturated carbocycles. The van der Waals surface area contributed by atoms with Crippen LogP contribution in [0.15, 0.2) is 30.3 Å². The maximum absolute atomic E-state index is 5.54. The maximum Gasteiger partial charge on any atom is 0.203 e. The third-order valence-corrected chi connectivity index (χ3v) is 4.67. The smallest absolute Gasteiger partial charge is 0.203 e. The molecule has 0 amide bonds. The second-order valence-electron chi connectivity index (χ2n) is 8.67. The Balaban J connectivity index is 2.76. The van der Waals surface area contributed by atoms with Crippen molar-refractivity contribution < 1.29 is 14.2 Å². The van der Waals surface area contributed by atoms with Crippen LogP contribution in [0.4, 0.5) is 0 Å². The highest BCUT2D eigenvalue weighted by Gasteiger charge is 2.24. The molecule has 2 rings (SSSR count). The lowest BCUT2D eigenvalue weighted by atomic mass is 9.77. The van der Waals surface area contributed by atoms with Crippen molar-refractivity contribution in [1.29, 1.82) is 0 Å². The highest BCUT2D eigenvalue weighted by atomic mass is 16.5. The van der Waals surface area contributed by atoms with E-state index in [4.69, 9.17) is 14.2 Å². The van der Waals surface area contributed by atoms with E-state index >= 15 is 0 Å². The topological polar surface area (TPSA) is 27.7 Å². The SMILES string of the molecule is COc1cc(-c2ccc(C(C)(C)C)cc2C(C)(C)C)cc(OC)c1OC. The van der Waals surface area contributed by atoms with Crippen molar-refractivity contribution in [2.24, 2.45) is 0 Å². The van der Waals surface area contributed by atoms with Gasteiger partial charge in [-0.25, -0.2) is 0 Å². The third-order valence-electron chi connectivity index (χ3n) is 4.67. The minimum atomic E-state index is 0.0109. The standard InChI is InChI=1S/C23H32O3/c1-22(2,3)16-10-11-17(18(14-16)23(4,5)6)15-12-19(24-7)21(26-9)20(13-15)25-8/h10-14H,1-9H3. The van der Waals surface area contributed by atoms with E-state index in [0.717, 1.165) is 5.56 Å². The van der Waals surface area contributed by atoms with Crippen molar-refractivity contribution in [3.05, 3.63) is 41.5 Å². The summed E-state index contributed by atoms with van der Waals surface area (Å²) in [6, 6.07) is 10.8. The summed E-state index contributed by atoms with van der Waals surface area (Å²) < 4.78 is 16.5. The van der Waals surface area contributed by atoms with Gasteiger partial charge in [-0.05, 0) is 45.2 Å². The minimum absolute atomic E-state index is 0.0109. The summed E-state index contributed by atoms with van der Waals surface area (Å²) in [5, 5.41) is 0. The van der Waals surface area contributed by atoms with Crippen LogP contribution >= 0.6 is 0 Å². The highest BCUT2D eigenvalue weighted by Crippen LogP contribution is 2.44. The van der Waals surface area contributed by atoms with Crippen molar-refractivity contribution in [1.82, 2.24) is 0 Å². The van der Waals surface area contributed by atoms with Crippen LogP contribution in [-0.4, -0.2) is 21.3 Å². The second kappa shape index (κ2) is 7.22. The minimum Gasteiger partial charge on any atom is -0.493 e. The molecule has 0 unspecified atom stereocenters. The first-order valence-corrected chi connectivity index (χ1v) is 8.98. The van der Waals surface area contributed by atoms with Gasteiger partial charge in [0.15, 0.2) is 11.5 Å². The molecular formula is C23H32O3. The molecule has 0 aromatic heterocycles. The van der Waals surface area contributed by atoms with Gasteiger partial charge in [0.05, 0.1) is 21.3 Å². The van der Waals surface area contributed by atoms with Gasteiger partial charge in [0, 0.05) is 0 Å². The molecule has 0 radical (unpaired) electrons. The van der Waals surface area contributed by atoms with Crippen LogP contribution in [0, 0.1) is 0 Å². The number of ether oxygens (including phenoxy) is 3. The van der Waals surface area contributed by atoms with Crippen LogP contribution in [-0.2, 0) is 10.8 Å². The molecule has 3 heteroatoms. The number of hydrogen-bond acceptors (Lipinski definition) is 3. The predicted molar refractivity (Wildman–Crippen MR) is 109 cm³/mol. The largest absolute Gasteiger partial charge is 0.493 e. The van der Waals surface area contributed by atoms with Crippen molar-refractivity contribution in [2.75, 3.05) is 21.3 Å². The first-order valence-electron chi connectivity index (χ1n) is 8.98. The van der Waals surface area contributed by atoms with Gasteiger partial charge >= 0.3 is 0 Å². The summed E-state index contributed by atoms with van der Waals surface area (Å²) in [6.45, 7) is 13.5. The van der Waals surface area contributed by atoms with Gasteiger partial charge in [0.25, 0.3) is 0 Å². The van der Waals surface area contributed by atoms with E-state index < -0.39 is 0 Å². The quantitative estimate of drug-likeness (QED) is 0.675. The molecule has 3 nitrogen and oxygen atoms in total. The van der Waals surface area contributed by atoms with Crippen LogP contribution in [0.2, 0.25) is 0 Å². The van der Waals surface area contributed by atoms with E-state index in [-0.39, 0.29) is 10.8 Å². The maximum atomic E-state index is 5.54. The van der Waals surface area contributed by atoms with Crippen LogP contribution in [0.3, 0.4) is 0 Å². The van der Waals surface area contributed by atoms with Crippen LogP contribution in [0.1, 0.15) is 52.7 Å². The normalized spacial score (nSPS) is 12.0. The Hall–Kier alpha value is -2.16. The molecular weight excluding hydrogens is 324 g/mol. The van der Waals surface area contributed by atoms with E-state index in [0.29, 0.717) is 17.2 Å². The molecule has 0 aliphatic heterocycles. The Morgan fingerprint density at radius 2 is 1.19 bits per heavy atom. The van der Waals surface area contributed by atoms with Crippen molar-refractivity contribution in [3.8, 4) is 28.4 Å². The summed E-state index contributed by atoms with van der Waals surface area (Å²) in [7, 11) is 4.92. The molecule has 2 aromatic rings. The highest BCUT2D eigenvalue weighted by molar-refractivity contribution is 5.75. The molecule has 0 aliphatic carbocycles. The van der Waals surface area contributed by atoms with E-state index in [1.165, 1.54) is 16.7 Å². The number of hydrogen-bond donors (Lipinski definition) is 0. The lowest BCUT2D eigenvalue weighted by molar-refractivity contribution is 0.324. The Bertz CT molecular complexity index is 752. The molecule has 0 N–H and O–H groups in total. The van der Waals surface area contributed by atoms with Gasteiger partial charge < -0.3 is 14.2 Å². The Morgan fingerprint density at radius 3 is 1.58 bits per heavy atom. The fourth-order valence-corrected chi connectivity index (χ4v) is 3.12. The average molecular weight is 357 g/mol. The lowest BCUT2D eigenvalue weighted by Gasteiger charge is -2.28. The molecule has 142 valence electrons. The van der Waals surface area contributed by atoms with E-state index in [9.17, 15) is 0 Å². The molecule has 26 heavy (non-hydrogen) atoms. The zero-order valence-electron chi connectivity index (χ0n) is 17.6. The van der Waals surface area contributed by atoms with Crippen molar-refractivity contribution in [3.63, 3.8) is 0 Å². The number of methoxy groups -OCH3 is 3. The van der Waals surface area contributed by atoms with Gasteiger partial charge in [-0.3, -0.25) is 0 Å². The monoisotopic (exact) mass is 356 g/mol. The fourth-order valence-electron chi connectivity index (χ4n) is 3.12. The van der Waals surface area contributed by atoms with Gasteiger partial charge in [0.2, 0.25) is 5.75 Å². The van der Waals surface area contributed by atoms with Crippen LogP contribution < -0.4 is 14.2 Å². The van der Waals surface area contributed by atoms with E-state index in [2.05, 4.69) is 59.7 Å². The van der Waals surface area contributed by atoms with Gasteiger partial charge in [-0.15, -0.1) is 0 Å². The molecule has 0 fully saturated rings. The average Bonchev–Trinajstić information content (AvgIpc) is 2.58. The summed E-state index contributed by atoms with van der Waals surface area (Å²) >= 11 is 0. The van der Waals surface area contributed by atoms with E-state index in [1.54, 1.807) is 21.3 Å². The van der Waals surface area contributed by atoms with Gasteiger partial charge in [0.1, 0.15) is 0 Å². The molecule has 0 heterocycles. The summed E-state index contributed by atoms with van der Waals surface area (Å²) in [5.74, 6) is 1.95. The second-order valence-corrected chi connectivity index (χ2v) is 8.67. The van der Waals surface area contributed by atoms with Crippen molar-refractivity contribution >= 4 is 0 Å². The van der Waals surface area contributed by atoms with Gasteiger partial charge in [-0.2, -0.15) is 0 Å².